The molecule has 0 unspecified atom stereocenters. The summed E-state index contributed by atoms with van der Waals surface area (Å²) in [7, 11) is 0. The Morgan fingerprint density at radius 3 is 2.84 bits per heavy atom. The Bertz CT molecular complexity index is 1010. The first-order valence-corrected chi connectivity index (χ1v) is 7.39. The first kappa shape index (κ1) is 16.3. The van der Waals surface area contributed by atoms with Crippen LogP contribution in [0.1, 0.15) is 6.92 Å². The van der Waals surface area contributed by atoms with E-state index in [4.69, 9.17) is 9.15 Å². The largest absolute Gasteiger partial charge is 0.508 e. The van der Waals surface area contributed by atoms with E-state index in [1.165, 1.54) is 36.4 Å². The molecule has 128 valence electrons. The van der Waals surface area contributed by atoms with Gasteiger partial charge in [-0.05, 0) is 31.2 Å². The van der Waals surface area contributed by atoms with Crippen LogP contribution < -0.4 is 10.9 Å². The smallest absolute Gasteiger partial charge is 0.411 e. The number of phenols is 2. The van der Waals surface area contributed by atoms with Crippen molar-refractivity contribution in [1.29, 1.82) is 0 Å². The highest BCUT2D eigenvalue weighted by molar-refractivity contribution is 5.91. The summed E-state index contributed by atoms with van der Waals surface area (Å²) in [4.78, 5) is 27.7. The number of amides is 1. The maximum atomic E-state index is 12.2. The minimum atomic E-state index is -0.736. The minimum Gasteiger partial charge on any atom is -0.508 e. The topological polar surface area (TPSA) is 122 Å². The molecule has 25 heavy (non-hydrogen) atoms. The van der Waals surface area contributed by atoms with Crippen molar-refractivity contribution in [2.75, 3.05) is 11.9 Å². The summed E-state index contributed by atoms with van der Waals surface area (Å²) in [5.41, 5.74) is -0.230. The van der Waals surface area contributed by atoms with E-state index in [1.807, 2.05) is 0 Å². The Morgan fingerprint density at radius 1 is 1.28 bits per heavy atom. The highest BCUT2D eigenvalue weighted by atomic mass is 16.5. The van der Waals surface area contributed by atoms with Crippen LogP contribution in [0.2, 0.25) is 0 Å². The number of hydrogen-bond donors (Lipinski definition) is 3. The average Bonchev–Trinajstić information content (AvgIpc) is 2.56. The Kier molecular flexibility index (Phi) is 4.25. The number of carbonyl (C=O) groups excluding carboxylic acids is 1. The first-order valence-electron chi connectivity index (χ1n) is 7.39. The Morgan fingerprint density at radius 2 is 2.08 bits per heavy atom. The highest BCUT2D eigenvalue weighted by Crippen LogP contribution is 2.32. The summed E-state index contributed by atoms with van der Waals surface area (Å²) in [5, 5.41) is 22.1. The number of phenolic OH excluding ortho intramolecular Hbond substituents is 2. The second kappa shape index (κ2) is 6.52. The zero-order valence-electron chi connectivity index (χ0n) is 13.1. The van der Waals surface area contributed by atoms with Gasteiger partial charge in [-0.2, -0.15) is 4.98 Å². The van der Waals surface area contributed by atoms with Crippen molar-refractivity contribution in [1.82, 2.24) is 4.98 Å². The number of anilines is 1. The van der Waals surface area contributed by atoms with Crippen LogP contribution in [0.4, 0.5) is 10.5 Å². The molecule has 0 radical (unpaired) electrons. The van der Waals surface area contributed by atoms with Crippen LogP contribution in [-0.2, 0) is 4.74 Å². The van der Waals surface area contributed by atoms with Crippen molar-refractivity contribution < 1.29 is 24.2 Å². The molecule has 0 saturated heterocycles. The van der Waals surface area contributed by atoms with Gasteiger partial charge in [0.05, 0.1) is 23.2 Å². The Hall–Kier alpha value is -3.55. The fourth-order valence-electron chi connectivity index (χ4n) is 2.29. The molecule has 8 nitrogen and oxygen atoms in total. The summed E-state index contributed by atoms with van der Waals surface area (Å²) < 4.78 is 10.4. The van der Waals surface area contributed by atoms with Crippen molar-refractivity contribution in [3.8, 4) is 23.0 Å². The quantitative estimate of drug-likeness (QED) is 0.669. The fraction of sp³-hybridized carbons (Fsp3) is 0.118. The monoisotopic (exact) mass is 342 g/mol. The maximum absolute atomic E-state index is 12.2. The minimum absolute atomic E-state index is 0.0207. The second-order valence-corrected chi connectivity index (χ2v) is 5.05. The highest BCUT2D eigenvalue weighted by Gasteiger charge is 2.16. The molecule has 1 amide bonds. The van der Waals surface area contributed by atoms with Crippen LogP contribution in [0.5, 0.6) is 11.5 Å². The van der Waals surface area contributed by atoms with Gasteiger partial charge in [0.25, 0.3) is 5.56 Å². The molecule has 0 atom stereocenters. The van der Waals surface area contributed by atoms with E-state index in [-0.39, 0.29) is 46.2 Å². The van der Waals surface area contributed by atoms with E-state index >= 15 is 0 Å². The summed E-state index contributed by atoms with van der Waals surface area (Å²) in [5.74, 6) is -0.440. The van der Waals surface area contributed by atoms with Gasteiger partial charge in [-0.1, -0.05) is 6.07 Å². The molecule has 0 fully saturated rings. The number of para-hydroxylation sites is 1. The van der Waals surface area contributed by atoms with E-state index in [2.05, 4.69) is 10.3 Å². The SMILES string of the molecule is CCOC(=O)Nc1cc(O)ccc1-c1nc(=O)c2cccc(O)c2o1. The molecule has 0 bridgehead atoms. The van der Waals surface area contributed by atoms with Gasteiger partial charge in [-0.25, -0.2) is 4.79 Å². The lowest BCUT2D eigenvalue weighted by Gasteiger charge is -2.11. The molecule has 0 spiro atoms. The van der Waals surface area contributed by atoms with Crippen LogP contribution in [0.3, 0.4) is 0 Å². The summed E-state index contributed by atoms with van der Waals surface area (Å²) >= 11 is 0. The van der Waals surface area contributed by atoms with Gasteiger partial charge in [0.1, 0.15) is 5.75 Å². The number of benzene rings is 2. The van der Waals surface area contributed by atoms with Gasteiger partial charge >= 0.3 is 6.09 Å². The van der Waals surface area contributed by atoms with Gasteiger partial charge < -0.3 is 19.4 Å². The van der Waals surface area contributed by atoms with Crippen LogP contribution in [0, 0.1) is 0 Å². The fourth-order valence-corrected chi connectivity index (χ4v) is 2.29. The third-order valence-corrected chi connectivity index (χ3v) is 3.37. The summed E-state index contributed by atoms with van der Waals surface area (Å²) in [6, 6.07) is 8.40. The number of nitrogens with zero attached hydrogens (tertiary/aromatic N) is 1. The third kappa shape index (κ3) is 3.23. The molecular weight excluding hydrogens is 328 g/mol. The second-order valence-electron chi connectivity index (χ2n) is 5.05. The van der Waals surface area contributed by atoms with Crippen LogP contribution in [-0.4, -0.2) is 27.9 Å². The Balaban J connectivity index is 2.16. The normalized spacial score (nSPS) is 10.6. The van der Waals surface area contributed by atoms with Gasteiger partial charge in [0, 0.05) is 6.07 Å². The van der Waals surface area contributed by atoms with E-state index in [0.29, 0.717) is 0 Å². The zero-order chi connectivity index (χ0) is 18.0. The third-order valence-electron chi connectivity index (χ3n) is 3.37. The lowest BCUT2D eigenvalue weighted by atomic mass is 10.1. The standard InChI is InChI=1S/C17H14N2O6/c1-2-24-17(23)18-12-8-9(20)6-7-10(12)16-19-15(22)11-4-3-5-13(21)14(11)25-16/h3-8,20-21H,2H2,1H3,(H,18,23). The lowest BCUT2D eigenvalue weighted by molar-refractivity contribution is 0.168. The first-order chi connectivity index (χ1) is 12.0. The zero-order valence-corrected chi connectivity index (χ0v) is 13.1. The summed E-state index contributed by atoms with van der Waals surface area (Å²) in [6.07, 6.45) is -0.736. The molecule has 3 aromatic rings. The molecule has 3 rings (SSSR count). The number of carbonyl (C=O) groups is 1. The van der Waals surface area contributed by atoms with Crippen molar-refractivity contribution in [3.63, 3.8) is 0 Å². The molecule has 0 aliphatic rings. The van der Waals surface area contributed by atoms with E-state index in [0.717, 1.165) is 0 Å². The number of nitrogens with one attached hydrogen (secondary N) is 1. The molecule has 0 aliphatic carbocycles. The van der Waals surface area contributed by atoms with Crippen molar-refractivity contribution in [3.05, 3.63) is 46.8 Å². The maximum Gasteiger partial charge on any atom is 0.411 e. The molecule has 8 heteroatoms. The van der Waals surface area contributed by atoms with Crippen molar-refractivity contribution in [2.24, 2.45) is 0 Å². The van der Waals surface area contributed by atoms with Crippen LogP contribution in [0.25, 0.3) is 22.4 Å². The predicted molar refractivity (Wildman–Crippen MR) is 89.7 cm³/mol. The number of fused-ring (bicyclic) bond motifs is 1. The van der Waals surface area contributed by atoms with E-state index in [9.17, 15) is 19.8 Å². The van der Waals surface area contributed by atoms with Gasteiger partial charge in [-0.15, -0.1) is 0 Å². The van der Waals surface area contributed by atoms with Crippen molar-refractivity contribution >= 4 is 22.7 Å². The number of aromatic nitrogens is 1. The lowest BCUT2D eigenvalue weighted by Crippen LogP contribution is -2.14. The Labute approximate surface area is 141 Å². The van der Waals surface area contributed by atoms with Crippen LogP contribution in [0.15, 0.2) is 45.6 Å². The molecule has 2 aromatic carbocycles. The molecule has 0 aliphatic heterocycles. The molecular formula is C17H14N2O6. The molecule has 1 aromatic heterocycles. The number of aromatic hydroxyl groups is 2. The van der Waals surface area contributed by atoms with Gasteiger partial charge in [-0.3, -0.25) is 10.1 Å². The number of ether oxygens (including phenoxy) is 1. The van der Waals surface area contributed by atoms with Crippen molar-refractivity contribution in [2.45, 2.75) is 6.92 Å². The van der Waals surface area contributed by atoms with E-state index < -0.39 is 11.7 Å². The molecule has 1 heterocycles. The average molecular weight is 342 g/mol. The van der Waals surface area contributed by atoms with Gasteiger partial charge in [0.2, 0.25) is 5.89 Å². The number of rotatable bonds is 3. The van der Waals surface area contributed by atoms with Crippen LogP contribution >= 0.6 is 0 Å². The molecule has 3 N–H and O–H groups in total. The van der Waals surface area contributed by atoms with E-state index in [1.54, 1.807) is 6.92 Å². The predicted octanol–water partition coefficient (Wildman–Crippen LogP) is 2.83. The molecule has 0 saturated carbocycles. The number of hydrogen-bond acceptors (Lipinski definition) is 7. The summed E-state index contributed by atoms with van der Waals surface area (Å²) in [6.45, 7) is 1.81. The van der Waals surface area contributed by atoms with Gasteiger partial charge in [0.15, 0.2) is 11.3 Å².